The highest BCUT2D eigenvalue weighted by Gasteiger charge is 2.16. The van der Waals surface area contributed by atoms with Crippen LogP contribution in [0.15, 0.2) is 18.2 Å². The normalized spacial score (nSPS) is 15.8. The number of H-pyrrole nitrogens is 1. The number of aromatic nitrogens is 1. The number of fused-ring (bicyclic) bond motifs is 3. The molecule has 0 saturated carbocycles. The standard InChI is InChI=1S/C11H11FN2/c12-8-2-1-3-10-11(8)7-6-13-5-4-9(7)14-10/h1-3,13-14H,4-6H2. The second-order valence-corrected chi connectivity index (χ2v) is 3.67. The zero-order valence-corrected chi connectivity index (χ0v) is 7.73. The number of hydrogen-bond acceptors (Lipinski definition) is 1. The van der Waals surface area contributed by atoms with Crippen LogP contribution >= 0.6 is 0 Å². The van der Waals surface area contributed by atoms with E-state index in [1.54, 1.807) is 6.07 Å². The van der Waals surface area contributed by atoms with E-state index < -0.39 is 0 Å². The van der Waals surface area contributed by atoms with E-state index in [9.17, 15) is 4.39 Å². The molecule has 0 bridgehead atoms. The molecule has 3 heteroatoms. The van der Waals surface area contributed by atoms with Crippen molar-refractivity contribution in [1.29, 1.82) is 0 Å². The lowest BCUT2D eigenvalue weighted by Crippen LogP contribution is -2.23. The molecule has 72 valence electrons. The van der Waals surface area contributed by atoms with Gasteiger partial charge in [0.1, 0.15) is 5.82 Å². The van der Waals surface area contributed by atoms with Gasteiger partial charge in [0, 0.05) is 36.1 Å². The van der Waals surface area contributed by atoms with Crippen molar-refractivity contribution in [1.82, 2.24) is 10.3 Å². The van der Waals surface area contributed by atoms with Crippen LogP contribution in [0.3, 0.4) is 0 Å². The predicted octanol–water partition coefficient (Wildman–Crippen LogP) is 1.95. The van der Waals surface area contributed by atoms with Gasteiger partial charge in [-0.25, -0.2) is 4.39 Å². The van der Waals surface area contributed by atoms with E-state index in [1.807, 2.05) is 6.07 Å². The minimum absolute atomic E-state index is 0.122. The second-order valence-electron chi connectivity index (χ2n) is 3.67. The average molecular weight is 190 g/mol. The molecule has 0 unspecified atom stereocenters. The lowest BCUT2D eigenvalue weighted by atomic mass is 10.1. The van der Waals surface area contributed by atoms with Crippen LogP contribution in [0.5, 0.6) is 0 Å². The summed E-state index contributed by atoms with van der Waals surface area (Å²) in [7, 11) is 0. The van der Waals surface area contributed by atoms with Gasteiger partial charge in [-0.2, -0.15) is 0 Å². The molecule has 1 aliphatic heterocycles. The fourth-order valence-electron chi connectivity index (χ4n) is 2.16. The highest BCUT2D eigenvalue weighted by atomic mass is 19.1. The molecule has 0 atom stereocenters. The smallest absolute Gasteiger partial charge is 0.132 e. The Kier molecular flexibility index (Phi) is 1.61. The van der Waals surface area contributed by atoms with Gasteiger partial charge in [0.15, 0.2) is 0 Å². The van der Waals surface area contributed by atoms with Crippen molar-refractivity contribution >= 4 is 10.9 Å². The van der Waals surface area contributed by atoms with Crippen LogP contribution < -0.4 is 5.32 Å². The summed E-state index contributed by atoms with van der Waals surface area (Å²) in [6, 6.07) is 5.19. The Bertz CT molecular complexity index is 487. The number of nitrogens with one attached hydrogen (secondary N) is 2. The molecule has 1 aromatic heterocycles. The van der Waals surface area contributed by atoms with E-state index in [1.165, 1.54) is 11.8 Å². The highest BCUT2D eigenvalue weighted by Crippen LogP contribution is 2.26. The van der Waals surface area contributed by atoms with Gasteiger partial charge in [-0.1, -0.05) is 6.07 Å². The maximum atomic E-state index is 13.6. The van der Waals surface area contributed by atoms with Crippen molar-refractivity contribution in [2.24, 2.45) is 0 Å². The molecule has 0 amide bonds. The van der Waals surface area contributed by atoms with Gasteiger partial charge in [-0.3, -0.25) is 0 Å². The average Bonchev–Trinajstić information content (AvgIpc) is 2.57. The summed E-state index contributed by atoms with van der Waals surface area (Å²) in [5, 5.41) is 4.02. The Hall–Kier alpha value is -1.35. The molecule has 1 aromatic carbocycles. The van der Waals surface area contributed by atoms with Crippen LogP contribution in [0.4, 0.5) is 4.39 Å². The van der Waals surface area contributed by atoms with Crippen molar-refractivity contribution in [3.63, 3.8) is 0 Å². The Morgan fingerprint density at radius 3 is 3.14 bits per heavy atom. The maximum absolute atomic E-state index is 13.6. The van der Waals surface area contributed by atoms with Crippen LogP contribution in [0.1, 0.15) is 11.3 Å². The van der Waals surface area contributed by atoms with Crippen molar-refractivity contribution < 1.29 is 4.39 Å². The summed E-state index contributed by atoms with van der Waals surface area (Å²) >= 11 is 0. The van der Waals surface area contributed by atoms with E-state index in [0.29, 0.717) is 0 Å². The third-order valence-electron chi connectivity index (χ3n) is 2.82. The SMILES string of the molecule is Fc1cccc2[nH]c3c(c12)CNCC3. The van der Waals surface area contributed by atoms with E-state index in [2.05, 4.69) is 10.3 Å². The summed E-state index contributed by atoms with van der Waals surface area (Å²) in [6.07, 6.45) is 0.962. The minimum Gasteiger partial charge on any atom is -0.358 e. The molecule has 0 saturated heterocycles. The summed E-state index contributed by atoms with van der Waals surface area (Å²) in [5.41, 5.74) is 3.20. The lowest BCUT2D eigenvalue weighted by Gasteiger charge is -2.12. The predicted molar refractivity (Wildman–Crippen MR) is 53.7 cm³/mol. The molecular formula is C11H11FN2. The van der Waals surface area contributed by atoms with E-state index in [0.717, 1.165) is 36.0 Å². The molecule has 3 rings (SSSR count). The van der Waals surface area contributed by atoms with Crippen molar-refractivity contribution in [2.45, 2.75) is 13.0 Å². The molecule has 14 heavy (non-hydrogen) atoms. The summed E-state index contributed by atoms with van der Waals surface area (Å²) in [5.74, 6) is -0.122. The van der Waals surface area contributed by atoms with Crippen LogP contribution in [-0.4, -0.2) is 11.5 Å². The van der Waals surface area contributed by atoms with Gasteiger partial charge in [0.05, 0.1) is 0 Å². The monoisotopic (exact) mass is 190 g/mol. The van der Waals surface area contributed by atoms with Gasteiger partial charge in [0.25, 0.3) is 0 Å². The zero-order chi connectivity index (χ0) is 9.54. The fourth-order valence-corrected chi connectivity index (χ4v) is 2.16. The van der Waals surface area contributed by atoms with Crippen molar-refractivity contribution in [2.75, 3.05) is 6.54 Å². The molecule has 0 radical (unpaired) electrons. The van der Waals surface area contributed by atoms with Crippen LogP contribution in [0.2, 0.25) is 0 Å². The molecule has 2 aromatic rings. The van der Waals surface area contributed by atoms with Crippen molar-refractivity contribution in [3.05, 3.63) is 35.3 Å². The quantitative estimate of drug-likeness (QED) is 0.653. The number of rotatable bonds is 0. The van der Waals surface area contributed by atoms with Crippen LogP contribution in [0, 0.1) is 5.82 Å². The van der Waals surface area contributed by atoms with E-state index >= 15 is 0 Å². The first-order valence-corrected chi connectivity index (χ1v) is 4.85. The summed E-state index contributed by atoms with van der Waals surface area (Å²) in [4.78, 5) is 3.28. The molecule has 0 aliphatic carbocycles. The van der Waals surface area contributed by atoms with E-state index in [4.69, 9.17) is 0 Å². The van der Waals surface area contributed by atoms with Crippen LogP contribution in [0.25, 0.3) is 10.9 Å². The molecule has 1 aliphatic rings. The molecular weight excluding hydrogens is 179 g/mol. The lowest BCUT2D eigenvalue weighted by molar-refractivity contribution is 0.625. The van der Waals surface area contributed by atoms with Gasteiger partial charge in [-0.15, -0.1) is 0 Å². The van der Waals surface area contributed by atoms with Crippen molar-refractivity contribution in [3.8, 4) is 0 Å². The fraction of sp³-hybridized carbons (Fsp3) is 0.273. The first kappa shape index (κ1) is 8.00. The highest BCUT2D eigenvalue weighted by molar-refractivity contribution is 5.85. The first-order valence-electron chi connectivity index (χ1n) is 4.85. The summed E-state index contributed by atoms with van der Waals surface area (Å²) in [6.45, 7) is 1.75. The van der Waals surface area contributed by atoms with Gasteiger partial charge >= 0.3 is 0 Å². The topological polar surface area (TPSA) is 27.8 Å². The molecule has 2 nitrogen and oxygen atoms in total. The number of aromatic amines is 1. The maximum Gasteiger partial charge on any atom is 0.132 e. The Morgan fingerprint density at radius 2 is 2.21 bits per heavy atom. The Morgan fingerprint density at radius 1 is 1.29 bits per heavy atom. The van der Waals surface area contributed by atoms with Gasteiger partial charge in [0.2, 0.25) is 0 Å². The van der Waals surface area contributed by atoms with Crippen LogP contribution in [-0.2, 0) is 13.0 Å². The van der Waals surface area contributed by atoms with Gasteiger partial charge in [-0.05, 0) is 17.7 Å². The summed E-state index contributed by atoms with van der Waals surface area (Å²) < 4.78 is 13.6. The second kappa shape index (κ2) is 2.82. The largest absolute Gasteiger partial charge is 0.358 e. The molecule has 2 N–H and O–H groups in total. The molecule has 0 spiro atoms. The Labute approximate surface area is 81.1 Å². The third-order valence-corrected chi connectivity index (χ3v) is 2.82. The number of hydrogen-bond donors (Lipinski definition) is 2. The van der Waals surface area contributed by atoms with Gasteiger partial charge < -0.3 is 10.3 Å². The third kappa shape index (κ3) is 0.990. The first-order chi connectivity index (χ1) is 6.86. The minimum atomic E-state index is -0.122. The zero-order valence-electron chi connectivity index (χ0n) is 7.73. The number of halogens is 1. The molecule has 0 fully saturated rings. The number of benzene rings is 1. The van der Waals surface area contributed by atoms with E-state index in [-0.39, 0.29) is 5.82 Å². The Balaban J connectivity index is 2.38. The molecule has 2 heterocycles.